The normalized spacial score (nSPS) is 11.3. The molecule has 4 rings (SSSR count). The minimum atomic E-state index is -0.214. The van der Waals surface area contributed by atoms with Crippen LogP contribution < -0.4 is 5.73 Å². The van der Waals surface area contributed by atoms with Gasteiger partial charge in [0.15, 0.2) is 11.6 Å². The summed E-state index contributed by atoms with van der Waals surface area (Å²) in [7, 11) is 0. The Kier molecular flexibility index (Phi) is 3.97. The quantitative estimate of drug-likeness (QED) is 0.574. The number of furan rings is 1. The van der Waals surface area contributed by atoms with Gasteiger partial charge in [-0.2, -0.15) is 0 Å². The molecule has 0 saturated carbocycles. The van der Waals surface area contributed by atoms with Gasteiger partial charge in [-0.1, -0.05) is 12.1 Å². The summed E-state index contributed by atoms with van der Waals surface area (Å²) in [6.45, 7) is 1.88. The van der Waals surface area contributed by atoms with Crippen LogP contribution in [0, 0.1) is 12.7 Å². The molecule has 1 aromatic carbocycles. The maximum absolute atomic E-state index is 13.0. The van der Waals surface area contributed by atoms with Crippen LogP contribution >= 0.6 is 11.3 Å². The van der Waals surface area contributed by atoms with Crippen molar-refractivity contribution in [2.45, 2.75) is 19.8 Å². The number of fused-ring (bicyclic) bond motifs is 1. The summed E-state index contributed by atoms with van der Waals surface area (Å²) in [5.41, 5.74) is 7.21. The highest BCUT2D eigenvalue weighted by Gasteiger charge is 2.13. The van der Waals surface area contributed by atoms with Gasteiger partial charge in [-0.15, -0.1) is 11.3 Å². The van der Waals surface area contributed by atoms with E-state index in [1.807, 2.05) is 37.3 Å². The molecule has 3 heterocycles. The van der Waals surface area contributed by atoms with E-state index in [2.05, 4.69) is 9.97 Å². The van der Waals surface area contributed by atoms with E-state index in [0.29, 0.717) is 17.4 Å². The van der Waals surface area contributed by atoms with E-state index in [4.69, 9.17) is 10.2 Å². The minimum Gasteiger partial charge on any atom is -0.458 e. The minimum absolute atomic E-state index is 0.214. The zero-order valence-corrected chi connectivity index (χ0v) is 14.4. The Balaban J connectivity index is 1.61. The molecular formula is C19H16FN3OS. The lowest BCUT2D eigenvalue weighted by molar-refractivity contribution is 0.544. The molecule has 0 bridgehead atoms. The Morgan fingerprint density at radius 1 is 1.08 bits per heavy atom. The zero-order chi connectivity index (χ0) is 17.4. The van der Waals surface area contributed by atoms with Crippen molar-refractivity contribution in [1.29, 1.82) is 0 Å². The average Bonchev–Trinajstić information content (AvgIpc) is 3.20. The van der Waals surface area contributed by atoms with E-state index in [0.717, 1.165) is 34.4 Å². The number of hydrogen-bond donors (Lipinski definition) is 1. The van der Waals surface area contributed by atoms with Gasteiger partial charge in [0.25, 0.3) is 0 Å². The van der Waals surface area contributed by atoms with Gasteiger partial charge in [-0.3, -0.25) is 0 Å². The summed E-state index contributed by atoms with van der Waals surface area (Å²) in [6.07, 6.45) is 1.69. The molecule has 0 aliphatic heterocycles. The highest BCUT2D eigenvalue weighted by Crippen LogP contribution is 2.31. The van der Waals surface area contributed by atoms with E-state index in [9.17, 15) is 4.39 Å². The van der Waals surface area contributed by atoms with E-state index >= 15 is 0 Å². The van der Waals surface area contributed by atoms with Crippen molar-refractivity contribution in [3.8, 4) is 11.6 Å². The van der Waals surface area contributed by atoms with Crippen LogP contribution in [0.2, 0.25) is 0 Å². The molecule has 4 aromatic rings. The summed E-state index contributed by atoms with van der Waals surface area (Å²) in [5, 5.41) is 0.867. The first-order chi connectivity index (χ1) is 12.1. The summed E-state index contributed by atoms with van der Waals surface area (Å²) < 4.78 is 18.6. The maximum atomic E-state index is 13.0. The lowest BCUT2D eigenvalue weighted by Crippen LogP contribution is -1.95. The predicted octanol–water partition coefficient (Wildman–Crippen LogP) is 4.77. The van der Waals surface area contributed by atoms with Gasteiger partial charge >= 0.3 is 0 Å². The fourth-order valence-corrected chi connectivity index (χ4v) is 3.73. The number of nitrogen functional groups attached to an aromatic ring is 1. The van der Waals surface area contributed by atoms with Crippen LogP contribution in [-0.4, -0.2) is 9.97 Å². The van der Waals surface area contributed by atoms with E-state index in [1.165, 1.54) is 17.0 Å². The monoisotopic (exact) mass is 353 g/mol. The Hall–Kier alpha value is -2.73. The largest absolute Gasteiger partial charge is 0.458 e. The second-order valence-corrected chi connectivity index (χ2v) is 7.02. The average molecular weight is 353 g/mol. The lowest BCUT2D eigenvalue weighted by atomic mass is 10.1. The number of aromatic nitrogens is 2. The molecule has 0 fully saturated rings. The Bertz CT molecular complexity index is 1040. The summed E-state index contributed by atoms with van der Waals surface area (Å²) >= 11 is 1.60. The molecule has 0 aliphatic carbocycles. The van der Waals surface area contributed by atoms with Gasteiger partial charge in [0.05, 0.1) is 5.39 Å². The first kappa shape index (κ1) is 15.8. The summed E-state index contributed by atoms with van der Waals surface area (Å²) in [6, 6.07) is 12.4. The molecule has 0 radical (unpaired) electrons. The van der Waals surface area contributed by atoms with Gasteiger partial charge in [0.2, 0.25) is 0 Å². The second-order valence-electron chi connectivity index (χ2n) is 5.90. The summed E-state index contributed by atoms with van der Waals surface area (Å²) in [5.74, 6) is 2.17. The molecule has 3 aromatic heterocycles. The van der Waals surface area contributed by atoms with Crippen LogP contribution in [0.5, 0.6) is 0 Å². The Labute approximate surface area is 148 Å². The fourth-order valence-electron chi connectivity index (χ4n) is 2.70. The second kappa shape index (κ2) is 6.29. The van der Waals surface area contributed by atoms with Gasteiger partial charge in [0, 0.05) is 4.88 Å². The van der Waals surface area contributed by atoms with Crippen molar-refractivity contribution >= 4 is 27.4 Å². The molecule has 25 heavy (non-hydrogen) atoms. The SMILES string of the molecule is Cc1ccc(-c2nc(N)c3cc(CCc4ccc(F)cc4)sc3n2)o1. The van der Waals surface area contributed by atoms with Gasteiger partial charge in [-0.05, 0) is 55.7 Å². The van der Waals surface area contributed by atoms with E-state index in [1.54, 1.807) is 11.3 Å². The van der Waals surface area contributed by atoms with Gasteiger partial charge in [0.1, 0.15) is 22.2 Å². The van der Waals surface area contributed by atoms with Crippen molar-refractivity contribution in [1.82, 2.24) is 9.97 Å². The van der Waals surface area contributed by atoms with Crippen molar-refractivity contribution in [2.24, 2.45) is 0 Å². The van der Waals surface area contributed by atoms with Crippen molar-refractivity contribution in [3.63, 3.8) is 0 Å². The number of halogens is 1. The third-order valence-corrected chi connectivity index (χ3v) is 5.10. The Morgan fingerprint density at radius 2 is 1.88 bits per heavy atom. The highest BCUT2D eigenvalue weighted by molar-refractivity contribution is 7.18. The third kappa shape index (κ3) is 3.25. The molecule has 6 heteroatoms. The molecule has 0 aliphatic rings. The predicted molar refractivity (Wildman–Crippen MR) is 98.1 cm³/mol. The van der Waals surface area contributed by atoms with Crippen LogP contribution in [0.3, 0.4) is 0 Å². The Morgan fingerprint density at radius 3 is 2.60 bits per heavy atom. The van der Waals surface area contributed by atoms with Crippen molar-refractivity contribution in [3.05, 3.63) is 64.5 Å². The number of rotatable bonds is 4. The molecule has 126 valence electrons. The molecule has 2 N–H and O–H groups in total. The smallest absolute Gasteiger partial charge is 0.199 e. The first-order valence-electron chi connectivity index (χ1n) is 7.96. The van der Waals surface area contributed by atoms with E-state index in [-0.39, 0.29) is 5.82 Å². The van der Waals surface area contributed by atoms with Crippen LogP contribution in [0.4, 0.5) is 10.2 Å². The standard InChI is InChI=1S/C19H16FN3OS/c1-11-2-9-16(24-11)18-22-17(21)15-10-14(25-19(15)23-18)8-5-12-3-6-13(20)7-4-12/h2-4,6-7,9-10H,5,8H2,1H3,(H2,21,22,23). The summed E-state index contributed by atoms with van der Waals surface area (Å²) in [4.78, 5) is 11.0. The van der Waals surface area contributed by atoms with Crippen LogP contribution in [0.15, 0.2) is 46.9 Å². The number of thiophene rings is 1. The molecule has 4 nitrogen and oxygen atoms in total. The van der Waals surface area contributed by atoms with Crippen molar-refractivity contribution in [2.75, 3.05) is 5.73 Å². The number of anilines is 1. The van der Waals surface area contributed by atoms with Gasteiger partial charge < -0.3 is 10.2 Å². The molecule has 0 spiro atoms. The first-order valence-corrected chi connectivity index (χ1v) is 8.77. The number of benzene rings is 1. The topological polar surface area (TPSA) is 64.9 Å². The van der Waals surface area contributed by atoms with Gasteiger partial charge in [-0.25, -0.2) is 14.4 Å². The lowest BCUT2D eigenvalue weighted by Gasteiger charge is -1.99. The number of aryl methyl sites for hydroxylation is 3. The van der Waals surface area contributed by atoms with Crippen LogP contribution in [0.25, 0.3) is 21.8 Å². The molecule has 0 atom stereocenters. The number of nitrogens with two attached hydrogens (primary N) is 1. The maximum Gasteiger partial charge on any atom is 0.199 e. The molecule has 0 unspecified atom stereocenters. The molecular weight excluding hydrogens is 337 g/mol. The van der Waals surface area contributed by atoms with Crippen molar-refractivity contribution < 1.29 is 8.81 Å². The fraction of sp³-hybridized carbons (Fsp3) is 0.158. The van der Waals surface area contributed by atoms with Crippen LogP contribution in [0.1, 0.15) is 16.2 Å². The van der Waals surface area contributed by atoms with E-state index < -0.39 is 0 Å². The molecule has 0 amide bonds. The molecule has 0 saturated heterocycles. The number of hydrogen-bond acceptors (Lipinski definition) is 5. The highest BCUT2D eigenvalue weighted by atomic mass is 32.1. The third-order valence-electron chi connectivity index (χ3n) is 4.01. The number of nitrogens with zero attached hydrogens (tertiary/aromatic N) is 2. The zero-order valence-electron chi connectivity index (χ0n) is 13.6. The van der Waals surface area contributed by atoms with Crippen LogP contribution in [-0.2, 0) is 12.8 Å².